The molecule has 0 aromatic carbocycles. The molecule has 106 valence electrons. The van der Waals surface area contributed by atoms with E-state index >= 15 is 0 Å². The number of anilines is 1. The second kappa shape index (κ2) is 6.39. The van der Waals surface area contributed by atoms with Crippen LogP contribution >= 0.6 is 11.6 Å². The Hall–Kier alpha value is -1.07. The number of rotatable bonds is 7. The summed E-state index contributed by atoms with van der Waals surface area (Å²) in [4.78, 5) is 12.2. The van der Waals surface area contributed by atoms with Gasteiger partial charge in [-0.15, -0.1) is 0 Å². The molecule has 1 atom stereocenters. The molecule has 2 N–H and O–H groups in total. The summed E-state index contributed by atoms with van der Waals surface area (Å²) in [6.07, 6.45) is 4.57. The Labute approximate surface area is 117 Å². The van der Waals surface area contributed by atoms with E-state index in [-0.39, 0.29) is 18.1 Å². The summed E-state index contributed by atoms with van der Waals surface area (Å²) in [5.41, 5.74) is 0.262. The molecule has 1 fully saturated rings. The molecule has 0 saturated heterocycles. The van der Waals surface area contributed by atoms with Gasteiger partial charge in [-0.1, -0.05) is 18.5 Å². The monoisotopic (exact) mass is 285 g/mol. The van der Waals surface area contributed by atoms with Crippen molar-refractivity contribution in [1.82, 2.24) is 9.78 Å². The average Bonchev–Trinajstić information content (AvgIpc) is 3.17. The van der Waals surface area contributed by atoms with Gasteiger partial charge in [0.2, 0.25) is 0 Å². The van der Waals surface area contributed by atoms with Crippen LogP contribution in [0.1, 0.15) is 26.2 Å². The predicted octanol–water partition coefficient (Wildman–Crippen LogP) is 1.74. The smallest absolute Gasteiger partial charge is 0.291 e. The van der Waals surface area contributed by atoms with Crippen molar-refractivity contribution < 1.29 is 5.11 Å². The van der Waals surface area contributed by atoms with Crippen LogP contribution in [0, 0.1) is 11.8 Å². The number of aliphatic hydroxyl groups excluding tert-OH is 1. The zero-order valence-corrected chi connectivity index (χ0v) is 11.9. The van der Waals surface area contributed by atoms with Gasteiger partial charge in [0.25, 0.3) is 5.56 Å². The molecule has 1 heterocycles. The molecule has 0 amide bonds. The van der Waals surface area contributed by atoms with Crippen molar-refractivity contribution >= 4 is 17.3 Å². The van der Waals surface area contributed by atoms with Gasteiger partial charge in [-0.05, 0) is 31.1 Å². The van der Waals surface area contributed by atoms with Crippen LogP contribution in [0.5, 0.6) is 0 Å². The van der Waals surface area contributed by atoms with Crippen LogP contribution in [0.2, 0.25) is 5.02 Å². The maximum Gasteiger partial charge on any atom is 0.291 e. The lowest BCUT2D eigenvalue weighted by Crippen LogP contribution is -2.28. The molecule has 1 aliphatic carbocycles. The average molecular weight is 286 g/mol. The van der Waals surface area contributed by atoms with Crippen molar-refractivity contribution in [2.45, 2.75) is 32.7 Å². The molecule has 0 spiro atoms. The van der Waals surface area contributed by atoms with E-state index < -0.39 is 0 Å². The van der Waals surface area contributed by atoms with E-state index in [1.807, 2.05) is 6.92 Å². The topological polar surface area (TPSA) is 67.2 Å². The van der Waals surface area contributed by atoms with Gasteiger partial charge in [-0.3, -0.25) is 4.79 Å². The SMILES string of the molecule is CC(CCO)CNc1c(Cl)cnn(CC2CC2)c1=O. The molecule has 0 radical (unpaired) electrons. The highest BCUT2D eigenvalue weighted by Gasteiger charge is 2.23. The largest absolute Gasteiger partial charge is 0.396 e. The first kappa shape index (κ1) is 14.3. The summed E-state index contributed by atoms with van der Waals surface area (Å²) in [6.45, 7) is 3.46. The number of nitrogens with zero attached hydrogens (tertiary/aromatic N) is 2. The zero-order valence-electron chi connectivity index (χ0n) is 11.1. The third-order valence-electron chi connectivity index (χ3n) is 3.37. The molecule has 1 aromatic heterocycles. The lowest BCUT2D eigenvalue weighted by atomic mass is 10.1. The van der Waals surface area contributed by atoms with Crippen LogP contribution < -0.4 is 10.9 Å². The Bertz CT molecular complexity index is 485. The van der Waals surface area contributed by atoms with Gasteiger partial charge in [0.05, 0.1) is 11.2 Å². The summed E-state index contributed by atoms with van der Waals surface area (Å²) in [5.74, 6) is 0.873. The molecule has 0 aliphatic heterocycles. The Morgan fingerprint density at radius 3 is 3.00 bits per heavy atom. The zero-order chi connectivity index (χ0) is 13.8. The molecule has 2 rings (SSSR count). The summed E-state index contributed by atoms with van der Waals surface area (Å²) in [7, 11) is 0. The number of nitrogens with one attached hydrogen (secondary N) is 1. The standard InChI is InChI=1S/C13H20ClN3O2/c1-9(4-5-18)6-15-12-11(14)7-16-17(13(12)19)8-10-2-3-10/h7,9-10,15,18H,2-6,8H2,1H3. The molecule has 1 aromatic rings. The van der Waals surface area contributed by atoms with E-state index in [4.69, 9.17) is 16.7 Å². The minimum Gasteiger partial charge on any atom is -0.396 e. The summed E-state index contributed by atoms with van der Waals surface area (Å²) < 4.78 is 1.49. The highest BCUT2D eigenvalue weighted by Crippen LogP contribution is 2.30. The van der Waals surface area contributed by atoms with Gasteiger partial charge in [0.15, 0.2) is 0 Å². The van der Waals surface area contributed by atoms with Crippen molar-refractivity contribution in [1.29, 1.82) is 0 Å². The maximum absolute atomic E-state index is 12.2. The molecule has 1 saturated carbocycles. The number of halogens is 1. The van der Waals surface area contributed by atoms with Crippen LogP contribution in [-0.2, 0) is 6.54 Å². The number of hydrogen-bond donors (Lipinski definition) is 2. The Balaban J connectivity index is 2.07. The molecular weight excluding hydrogens is 266 g/mol. The number of aliphatic hydroxyl groups is 1. The minimum atomic E-state index is -0.157. The Morgan fingerprint density at radius 1 is 1.63 bits per heavy atom. The third kappa shape index (κ3) is 3.94. The maximum atomic E-state index is 12.2. The Morgan fingerprint density at radius 2 is 2.37 bits per heavy atom. The first-order valence-electron chi connectivity index (χ1n) is 6.72. The molecule has 5 nitrogen and oxygen atoms in total. The lowest BCUT2D eigenvalue weighted by molar-refractivity contribution is 0.266. The van der Waals surface area contributed by atoms with Gasteiger partial charge >= 0.3 is 0 Å². The van der Waals surface area contributed by atoms with E-state index in [9.17, 15) is 4.79 Å². The summed E-state index contributed by atoms with van der Waals surface area (Å²) in [6, 6.07) is 0. The van der Waals surface area contributed by atoms with Crippen LogP contribution in [0.15, 0.2) is 11.0 Å². The fourth-order valence-corrected chi connectivity index (χ4v) is 2.09. The minimum absolute atomic E-state index is 0.152. The van der Waals surface area contributed by atoms with Gasteiger partial charge in [0, 0.05) is 19.7 Å². The van der Waals surface area contributed by atoms with Crippen LogP contribution in [-0.4, -0.2) is 28.0 Å². The molecule has 6 heteroatoms. The van der Waals surface area contributed by atoms with Crippen LogP contribution in [0.3, 0.4) is 0 Å². The van der Waals surface area contributed by atoms with Crippen LogP contribution in [0.4, 0.5) is 5.69 Å². The molecule has 1 unspecified atom stereocenters. The van der Waals surface area contributed by atoms with Gasteiger partial charge in [0.1, 0.15) is 5.69 Å². The first-order valence-corrected chi connectivity index (χ1v) is 7.10. The second-order valence-electron chi connectivity index (χ2n) is 5.30. The van der Waals surface area contributed by atoms with Crippen molar-refractivity contribution in [3.63, 3.8) is 0 Å². The normalized spacial score (nSPS) is 16.4. The van der Waals surface area contributed by atoms with Gasteiger partial charge in [-0.25, -0.2) is 4.68 Å². The highest BCUT2D eigenvalue weighted by molar-refractivity contribution is 6.32. The molecule has 1 aliphatic rings. The predicted molar refractivity (Wildman–Crippen MR) is 75.6 cm³/mol. The van der Waals surface area contributed by atoms with Gasteiger partial charge < -0.3 is 10.4 Å². The second-order valence-corrected chi connectivity index (χ2v) is 5.70. The quantitative estimate of drug-likeness (QED) is 0.801. The third-order valence-corrected chi connectivity index (χ3v) is 3.66. The summed E-state index contributed by atoms with van der Waals surface area (Å²) in [5, 5.41) is 16.4. The van der Waals surface area contributed by atoms with E-state index in [0.717, 1.165) is 0 Å². The van der Waals surface area contributed by atoms with E-state index in [1.54, 1.807) is 0 Å². The van der Waals surface area contributed by atoms with E-state index in [1.165, 1.54) is 23.7 Å². The van der Waals surface area contributed by atoms with Gasteiger partial charge in [-0.2, -0.15) is 5.10 Å². The van der Waals surface area contributed by atoms with Crippen LogP contribution in [0.25, 0.3) is 0 Å². The fourth-order valence-electron chi connectivity index (χ4n) is 1.90. The highest BCUT2D eigenvalue weighted by atomic mass is 35.5. The Kier molecular flexibility index (Phi) is 4.82. The van der Waals surface area contributed by atoms with E-state index in [2.05, 4.69) is 10.4 Å². The molecule has 19 heavy (non-hydrogen) atoms. The van der Waals surface area contributed by atoms with Crippen molar-refractivity contribution in [3.8, 4) is 0 Å². The molecule has 0 bridgehead atoms. The fraction of sp³-hybridized carbons (Fsp3) is 0.692. The van der Waals surface area contributed by atoms with Crippen molar-refractivity contribution in [2.24, 2.45) is 11.8 Å². The first-order chi connectivity index (χ1) is 9.11. The number of aromatic nitrogens is 2. The van der Waals surface area contributed by atoms with Crippen molar-refractivity contribution in [3.05, 3.63) is 21.6 Å². The number of hydrogen-bond acceptors (Lipinski definition) is 4. The van der Waals surface area contributed by atoms with Crippen molar-refractivity contribution in [2.75, 3.05) is 18.5 Å². The van der Waals surface area contributed by atoms with E-state index in [0.29, 0.717) is 36.1 Å². The lowest BCUT2D eigenvalue weighted by Gasteiger charge is -2.14. The molecular formula is C13H20ClN3O2. The summed E-state index contributed by atoms with van der Waals surface area (Å²) >= 11 is 6.03.